The predicted octanol–water partition coefficient (Wildman–Crippen LogP) is 2.27. The van der Waals surface area contributed by atoms with E-state index in [1.807, 2.05) is 12.3 Å². The Bertz CT molecular complexity index is 658. The molecule has 0 amide bonds. The van der Waals surface area contributed by atoms with Crippen LogP contribution >= 0.6 is 0 Å². The van der Waals surface area contributed by atoms with Crippen molar-refractivity contribution < 1.29 is 9.26 Å². The Kier molecular flexibility index (Phi) is 4.49. The van der Waals surface area contributed by atoms with Crippen LogP contribution in [0.1, 0.15) is 35.8 Å². The lowest BCUT2D eigenvalue weighted by molar-refractivity contribution is 0.120. The van der Waals surface area contributed by atoms with Crippen LogP contribution in [-0.2, 0) is 13.1 Å². The van der Waals surface area contributed by atoms with Crippen LogP contribution < -0.4 is 4.74 Å². The Hall–Kier alpha value is -1.92. The van der Waals surface area contributed by atoms with Gasteiger partial charge >= 0.3 is 0 Å². The highest BCUT2D eigenvalue weighted by Gasteiger charge is 2.28. The molecule has 1 saturated carbocycles. The maximum absolute atomic E-state index is 5.44. The number of piperazine rings is 1. The lowest BCUT2D eigenvalue weighted by atomic mass is 10.2. The number of pyridine rings is 1. The molecule has 2 aromatic rings. The van der Waals surface area contributed by atoms with Crippen molar-refractivity contribution in [3.8, 4) is 5.88 Å². The second-order valence-electron chi connectivity index (χ2n) is 6.76. The van der Waals surface area contributed by atoms with Crippen molar-refractivity contribution >= 4 is 0 Å². The monoisotopic (exact) mass is 328 g/mol. The summed E-state index contributed by atoms with van der Waals surface area (Å²) in [6.45, 7) is 6.11. The normalized spacial score (nSPS) is 19.5. The van der Waals surface area contributed by atoms with Crippen LogP contribution in [0.2, 0.25) is 0 Å². The Balaban J connectivity index is 1.24. The molecule has 1 saturated heterocycles. The third-order valence-corrected chi connectivity index (χ3v) is 4.82. The molecule has 6 nitrogen and oxygen atoms in total. The van der Waals surface area contributed by atoms with Gasteiger partial charge in [0.2, 0.25) is 5.88 Å². The van der Waals surface area contributed by atoms with E-state index in [1.54, 1.807) is 7.11 Å². The zero-order chi connectivity index (χ0) is 16.4. The van der Waals surface area contributed by atoms with Gasteiger partial charge < -0.3 is 9.26 Å². The maximum atomic E-state index is 5.44. The highest BCUT2D eigenvalue weighted by atomic mass is 16.5. The van der Waals surface area contributed by atoms with Crippen LogP contribution in [-0.4, -0.2) is 53.2 Å². The molecule has 2 fully saturated rings. The fraction of sp³-hybridized carbons (Fsp3) is 0.556. The summed E-state index contributed by atoms with van der Waals surface area (Å²) in [5.41, 5.74) is 2.31. The number of hydrogen-bond donors (Lipinski definition) is 0. The van der Waals surface area contributed by atoms with E-state index in [0.717, 1.165) is 50.7 Å². The minimum atomic E-state index is 0.640. The molecule has 2 aliphatic rings. The van der Waals surface area contributed by atoms with Gasteiger partial charge in [0.15, 0.2) is 0 Å². The highest BCUT2D eigenvalue weighted by Crippen LogP contribution is 2.40. The van der Waals surface area contributed by atoms with Crippen molar-refractivity contribution in [2.75, 3.05) is 33.3 Å². The van der Waals surface area contributed by atoms with E-state index < -0.39 is 0 Å². The topological polar surface area (TPSA) is 54.6 Å². The highest BCUT2D eigenvalue weighted by molar-refractivity contribution is 5.18. The summed E-state index contributed by atoms with van der Waals surface area (Å²) in [6, 6.07) is 6.16. The molecule has 0 aromatic carbocycles. The molecule has 2 aromatic heterocycles. The largest absolute Gasteiger partial charge is 0.481 e. The summed E-state index contributed by atoms with van der Waals surface area (Å²) < 4.78 is 10.5. The molecular formula is C18H24N4O2. The Morgan fingerprint density at radius 2 is 1.88 bits per heavy atom. The Morgan fingerprint density at radius 3 is 2.50 bits per heavy atom. The number of rotatable bonds is 6. The van der Waals surface area contributed by atoms with E-state index in [2.05, 4.69) is 32.1 Å². The fourth-order valence-corrected chi connectivity index (χ4v) is 3.18. The van der Waals surface area contributed by atoms with Gasteiger partial charge in [-0.25, -0.2) is 4.98 Å². The SMILES string of the molecule is COc1ccc(CN2CCN(Cc3cc(C4CC4)on3)CC2)cn1. The first kappa shape index (κ1) is 15.6. The first-order chi connectivity index (χ1) is 11.8. The second kappa shape index (κ2) is 6.91. The van der Waals surface area contributed by atoms with Gasteiger partial charge in [-0.05, 0) is 18.4 Å². The Morgan fingerprint density at radius 1 is 1.12 bits per heavy atom. The smallest absolute Gasteiger partial charge is 0.212 e. The van der Waals surface area contributed by atoms with Crippen molar-refractivity contribution in [3.63, 3.8) is 0 Å². The first-order valence-electron chi connectivity index (χ1n) is 8.69. The Labute approximate surface area is 142 Å². The molecule has 0 N–H and O–H groups in total. The lowest BCUT2D eigenvalue weighted by Crippen LogP contribution is -2.45. The summed E-state index contributed by atoms with van der Waals surface area (Å²) in [4.78, 5) is 9.20. The van der Waals surface area contributed by atoms with E-state index in [9.17, 15) is 0 Å². The summed E-state index contributed by atoms with van der Waals surface area (Å²) in [5, 5.41) is 4.22. The quantitative estimate of drug-likeness (QED) is 0.811. The number of hydrogen-bond acceptors (Lipinski definition) is 6. The molecule has 0 spiro atoms. The molecule has 0 bridgehead atoms. The van der Waals surface area contributed by atoms with Crippen LogP contribution in [0.3, 0.4) is 0 Å². The number of methoxy groups -OCH3 is 1. The maximum Gasteiger partial charge on any atom is 0.212 e. The summed E-state index contributed by atoms with van der Waals surface area (Å²) in [5.74, 6) is 2.39. The average Bonchev–Trinajstić information content (AvgIpc) is 3.37. The summed E-state index contributed by atoms with van der Waals surface area (Å²) in [6.07, 6.45) is 4.42. The molecule has 128 valence electrons. The molecular weight excluding hydrogens is 304 g/mol. The van der Waals surface area contributed by atoms with Crippen LogP contribution in [0.4, 0.5) is 0 Å². The third kappa shape index (κ3) is 3.76. The lowest BCUT2D eigenvalue weighted by Gasteiger charge is -2.34. The van der Waals surface area contributed by atoms with Gasteiger partial charge in [-0.2, -0.15) is 0 Å². The van der Waals surface area contributed by atoms with Gasteiger partial charge in [0, 0.05) is 63.5 Å². The molecule has 1 aliphatic heterocycles. The van der Waals surface area contributed by atoms with Gasteiger partial charge in [0.1, 0.15) is 5.76 Å². The number of aromatic nitrogens is 2. The third-order valence-electron chi connectivity index (χ3n) is 4.82. The van der Waals surface area contributed by atoms with Crippen LogP contribution in [0.15, 0.2) is 28.9 Å². The fourth-order valence-electron chi connectivity index (χ4n) is 3.18. The van der Waals surface area contributed by atoms with Crippen LogP contribution in [0.5, 0.6) is 5.88 Å². The van der Waals surface area contributed by atoms with Crippen molar-refractivity contribution in [1.29, 1.82) is 0 Å². The van der Waals surface area contributed by atoms with E-state index in [-0.39, 0.29) is 0 Å². The summed E-state index contributed by atoms with van der Waals surface area (Å²) >= 11 is 0. The standard InChI is InChI=1S/C18H24N4O2/c1-23-18-5-2-14(11-19-18)12-21-6-8-22(9-7-21)13-16-10-17(24-20-16)15-3-4-15/h2,5,10-11,15H,3-4,6-9,12-13H2,1H3. The molecule has 0 radical (unpaired) electrons. The molecule has 3 heterocycles. The molecule has 0 atom stereocenters. The second-order valence-corrected chi connectivity index (χ2v) is 6.76. The van der Waals surface area contributed by atoms with Gasteiger partial charge in [-0.15, -0.1) is 0 Å². The zero-order valence-electron chi connectivity index (χ0n) is 14.1. The van der Waals surface area contributed by atoms with Crippen molar-refractivity contribution in [3.05, 3.63) is 41.4 Å². The molecule has 1 aliphatic carbocycles. The van der Waals surface area contributed by atoms with E-state index in [0.29, 0.717) is 11.8 Å². The molecule has 0 unspecified atom stereocenters. The predicted molar refractivity (Wildman–Crippen MR) is 89.8 cm³/mol. The van der Waals surface area contributed by atoms with Crippen LogP contribution in [0, 0.1) is 0 Å². The molecule has 4 rings (SSSR count). The van der Waals surface area contributed by atoms with E-state index in [1.165, 1.54) is 18.4 Å². The van der Waals surface area contributed by atoms with Crippen molar-refractivity contribution in [2.45, 2.75) is 31.8 Å². The minimum Gasteiger partial charge on any atom is -0.481 e. The van der Waals surface area contributed by atoms with E-state index in [4.69, 9.17) is 9.26 Å². The average molecular weight is 328 g/mol. The van der Waals surface area contributed by atoms with Gasteiger partial charge in [0.05, 0.1) is 12.8 Å². The molecule has 24 heavy (non-hydrogen) atoms. The van der Waals surface area contributed by atoms with Crippen molar-refractivity contribution in [2.24, 2.45) is 0 Å². The zero-order valence-corrected chi connectivity index (χ0v) is 14.1. The van der Waals surface area contributed by atoms with Crippen molar-refractivity contribution in [1.82, 2.24) is 19.9 Å². The van der Waals surface area contributed by atoms with E-state index >= 15 is 0 Å². The van der Waals surface area contributed by atoms with Gasteiger partial charge in [-0.1, -0.05) is 11.2 Å². The minimum absolute atomic E-state index is 0.640. The number of ether oxygens (including phenoxy) is 1. The van der Waals surface area contributed by atoms with Crippen LogP contribution in [0.25, 0.3) is 0 Å². The first-order valence-corrected chi connectivity index (χ1v) is 8.69. The van der Waals surface area contributed by atoms with Gasteiger partial charge in [-0.3, -0.25) is 9.80 Å². The molecule has 6 heteroatoms. The number of nitrogens with zero attached hydrogens (tertiary/aromatic N) is 4. The summed E-state index contributed by atoms with van der Waals surface area (Å²) in [7, 11) is 1.64. The van der Waals surface area contributed by atoms with Gasteiger partial charge in [0.25, 0.3) is 0 Å².